The number of aromatic nitrogens is 2. The Labute approximate surface area is 138 Å². The van der Waals surface area contributed by atoms with Crippen LogP contribution in [-0.4, -0.2) is 29.0 Å². The molecule has 7 heteroatoms. The number of carbonyl (C=O) groups is 1. The average molecular weight is 332 g/mol. The number of hydrogen-bond donors (Lipinski definition) is 1. The summed E-state index contributed by atoms with van der Waals surface area (Å²) in [6.45, 7) is 1.57. The number of anilines is 1. The molecule has 5 nitrogen and oxygen atoms in total. The van der Waals surface area contributed by atoms with Crippen LogP contribution < -0.4 is 10.2 Å². The lowest BCUT2D eigenvalue weighted by Gasteiger charge is -2.27. The first-order chi connectivity index (χ1) is 11.6. The third-order valence-electron chi connectivity index (χ3n) is 4.05. The van der Waals surface area contributed by atoms with Gasteiger partial charge in [-0.3, -0.25) is 4.79 Å². The van der Waals surface area contributed by atoms with Crippen LogP contribution in [0.25, 0.3) is 0 Å². The molecule has 1 amide bonds. The van der Waals surface area contributed by atoms with E-state index in [-0.39, 0.29) is 17.8 Å². The topological polar surface area (TPSA) is 58.1 Å². The van der Waals surface area contributed by atoms with Crippen LogP contribution in [0.3, 0.4) is 0 Å². The fourth-order valence-corrected chi connectivity index (χ4v) is 2.73. The molecule has 0 spiro atoms. The number of rotatable bonds is 4. The molecule has 2 heterocycles. The first-order valence-electron chi connectivity index (χ1n) is 7.93. The number of benzene rings is 1. The van der Waals surface area contributed by atoms with Crippen molar-refractivity contribution in [1.29, 1.82) is 0 Å². The molecule has 0 atom stereocenters. The Kier molecular flexibility index (Phi) is 4.98. The van der Waals surface area contributed by atoms with Crippen LogP contribution in [0.1, 0.15) is 35.3 Å². The van der Waals surface area contributed by atoms with E-state index in [2.05, 4.69) is 20.2 Å². The lowest BCUT2D eigenvalue weighted by atomic mass is 10.1. The molecule has 1 fully saturated rings. The van der Waals surface area contributed by atoms with E-state index < -0.39 is 17.5 Å². The van der Waals surface area contributed by atoms with Crippen molar-refractivity contribution >= 4 is 11.7 Å². The second kappa shape index (κ2) is 7.33. The summed E-state index contributed by atoms with van der Waals surface area (Å²) in [6.07, 6.45) is 4.72. The first kappa shape index (κ1) is 16.3. The van der Waals surface area contributed by atoms with Crippen LogP contribution in [-0.2, 0) is 6.54 Å². The van der Waals surface area contributed by atoms with Crippen molar-refractivity contribution in [1.82, 2.24) is 15.3 Å². The lowest BCUT2D eigenvalue weighted by Crippen LogP contribution is -2.31. The van der Waals surface area contributed by atoms with Gasteiger partial charge >= 0.3 is 0 Å². The third-order valence-corrected chi connectivity index (χ3v) is 4.05. The van der Waals surface area contributed by atoms with E-state index in [4.69, 9.17) is 0 Å². The van der Waals surface area contributed by atoms with Gasteiger partial charge in [-0.25, -0.2) is 18.7 Å². The predicted octanol–water partition coefficient (Wildman–Crippen LogP) is 2.68. The smallest absolute Gasteiger partial charge is 0.270 e. The van der Waals surface area contributed by atoms with Crippen molar-refractivity contribution in [2.45, 2.75) is 25.8 Å². The Bertz CT molecular complexity index is 712. The van der Waals surface area contributed by atoms with Crippen LogP contribution in [0.5, 0.6) is 0 Å². The van der Waals surface area contributed by atoms with Crippen molar-refractivity contribution in [3.8, 4) is 0 Å². The largest absolute Gasteiger partial charge is 0.357 e. The highest BCUT2D eigenvalue weighted by atomic mass is 19.1. The lowest BCUT2D eigenvalue weighted by molar-refractivity contribution is 0.0945. The van der Waals surface area contributed by atoms with Crippen LogP contribution in [0.15, 0.2) is 30.6 Å². The summed E-state index contributed by atoms with van der Waals surface area (Å²) >= 11 is 0. The van der Waals surface area contributed by atoms with Gasteiger partial charge in [0.05, 0.1) is 0 Å². The Morgan fingerprint density at radius 2 is 1.83 bits per heavy atom. The average Bonchev–Trinajstić information content (AvgIpc) is 2.62. The summed E-state index contributed by atoms with van der Waals surface area (Å²) in [5.41, 5.74) is 0.0125. The van der Waals surface area contributed by atoms with Gasteiger partial charge in [-0.15, -0.1) is 0 Å². The molecule has 0 bridgehead atoms. The van der Waals surface area contributed by atoms with E-state index >= 15 is 0 Å². The quantitative estimate of drug-likeness (QED) is 0.935. The van der Waals surface area contributed by atoms with Crippen LogP contribution >= 0.6 is 0 Å². The molecule has 1 N–H and O–H groups in total. The first-order valence-corrected chi connectivity index (χ1v) is 7.93. The van der Waals surface area contributed by atoms with Gasteiger partial charge in [0.25, 0.3) is 5.91 Å². The highest BCUT2D eigenvalue weighted by Gasteiger charge is 2.16. The second-order valence-corrected chi connectivity index (χ2v) is 5.69. The van der Waals surface area contributed by atoms with Crippen LogP contribution in [0.2, 0.25) is 0 Å². The zero-order valence-electron chi connectivity index (χ0n) is 13.1. The van der Waals surface area contributed by atoms with Crippen molar-refractivity contribution in [2.24, 2.45) is 0 Å². The molecule has 1 aliphatic rings. The van der Waals surface area contributed by atoms with Gasteiger partial charge in [-0.05, 0) is 31.4 Å². The summed E-state index contributed by atoms with van der Waals surface area (Å²) in [7, 11) is 0. The Balaban J connectivity index is 1.69. The molecule has 1 saturated heterocycles. The van der Waals surface area contributed by atoms with Crippen LogP contribution in [0, 0.1) is 11.6 Å². The van der Waals surface area contributed by atoms with Gasteiger partial charge in [0, 0.05) is 31.3 Å². The molecular formula is C17H18F2N4O. The van der Waals surface area contributed by atoms with Crippen molar-refractivity contribution in [3.63, 3.8) is 0 Å². The van der Waals surface area contributed by atoms with Gasteiger partial charge in [-0.2, -0.15) is 0 Å². The molecule has 24 heavy (non-hydrogen) atoms. The van der Waals surface area contributed by atoms with E-state index in [1.54, 1.807) is 6.07 Å². The Morgan fingerprint density at radius 1 is 1.12 bits per heavy atom. The van der Waals surface area contributed by atoms with Gasteiger partial charge in [0.1, 0.15) is 29.5 Å². The summed E-state index contributed by atoms with van der Waals surface area (Å²) in [4.78, 5) is 22.5. The van der Waals surface area contributed by atoms with E-state index in [0.717, 1.165) is 38.1 Å². The number of amides is 1. The second-order valence-electron chi connectivity index (χ2n) is 5.69. The van der Waals surface area contributed by atoms with E-state index in [1.165, 1.54) is 18.8 Å². The van der Waals surface area contributed by atoms with Gasteiger partial charge in [0.2, 0.25) is 0 Å². The van der Waals surface area contributed by atoms with E-state index in [9.17, 15) is 13.6 Å². The summed E-state index contributed by atoms with van der Waals surface area (Å²) in [5.74, 6) is -1.16. The number of piperidine rings is 1. The maximum Gasteiger partial charge on any atom is 0.270 e. The van der Waals surface area contributed by atoms with Crippen LogP contribution in [0.4, 0.5) is 14.6 Å². The summed E-state index contributed by atoms with van der Waals surface area (Å²) < 4.78 is 27.2. The maximum atomic E-state index is 13.6. The molecule has 1 aliphatic heterocycles. The molecular weight excluding hydrogens is 314 g/mol. The Hall–Kier alpha value is -2.57. The number of halogens is 2. The van der Waals surface area contributed by atoms with Crippen molar-refractivity contribution in [2.75, 3.05) is 18.0 Å². The predicted molar refractivity (Wildman–Crippen MR) is 85.6 cm³/mol. The van der Waals surface area contributed by atoms with E-state index in [1.807, 2.05) is 0 Å². The fraction of sp³-hybridized carbons (Fsp3) is 0.353. The SMILES string of the molecule is O=C(NCc1c(F)cccc1F)c1cc(N2CCCCC2)ncn1. The highest BCUT2D eigenvalue weighted by molar-refractivity contribution is 5.92. The molecule has 0 radical (unpaired) electrons. The summed E-state index contributed by atoms with van der Waals surface area (Å²) in [5, 5.41) is 2.50. The standard InChI is InChI=1S/C17H18F2N4O/c18-13-5-4-6-14(19)12(13)10-20-17(24)15-9-16(22-11-21-15)23-7-2-1-3-8-23/h4-6,9,11H,1-3,7-8,10H2,(H,20,24). The minimum Gasteiger partial charge on any atom is -0.357 e. The number of hydrogen-bond acceptors (Lipinski definition) is 4. The number of carbonyl (C=O) groups excluding carboxylic acids is 1. The molecule has 0 aliphatic carbocycles. The summed E-state index contributed by atoms with van der Waals surface area (Å²) in [6, 6.07) is 5.21. The van der Waals surface area contributed by atoms with Crippen molar-refractivity contribution in [3.05, 3.63) is 53.5 Å². The zero-order valence-corrected chi connectivity index (χ0v) is 13.1. The fourth-order valence-electron chi connectivity index (χ4n) is 2.73. The zero-order chi connectivity index (χ0) is 16.9. The normalized spacial score (nSPS) is 14.5. The number of nitrogens with zero attached hydrogens (tertiary/aromatic N) is 3. The Morgan fingerprint density at radius 3 is 2.54 bits per heavy atom. The van der Waals surface area contributed by atoms with E-state index in [0.29, 0.717) is 5.82 Å². The van der Waals surface area contributed by atoms with Gasteiger partial charge in [0.15, 0.2) is 0 Å². The molecule has 1 aromatic heterocycles. The molecule has 0 saturated carbocycles. The molecule has 126 valence electrons. The monoisotopic (exact) mass is 332 g/mol. The number of nitrogens with one attached hydrogen (secondary N) is 1. The third kappa shape index (κ3) is 3.67. The molecule has 0 unspecified atom stereocenters. The maximum absolute atomic E-state index is 13.6. The van der Waals surface area contributed by atoms with Gasteiger partial charge < -0.3 is 10.2 Å². The molecule has 3 rings (SSSR count). The van der Waals surface area contributed by atoms with Gasteiger partial charge in [-0.1, -0.05) is 6.07 Å². The molecule has 2 aromatic rings. The van der Waals surface area contributed by atoms with Crippen molar-refractivity contribution < 1.29 is 13.6 Å². The minimum atomic E-state index is -0.688. The highest BCUT2D eigenvalue weighted by Crippen LogP contribution is 2.17. The minimum absolute atomic E-state index is 0.170. The molecule has 1 aromatic carbocycles.